The first-order valence-electron chi connectivity index (χ1n) is 5.17. The summed E-state index contributed by atoms with van der Waals surface area (Å²) in [5.74, 6) is -0.894. The summed E-state index contributed by atoms with van der Waals surface area (Å²) in [5, 5.41) is 7.28. The molecule has 1 aromatic rings. The molecule has 1 aliphatic rings. The first-order chi connectivity index (χ1) is 8.76. The van der Waals surface area contributed by atoms with E-state index in [2.05, 4.69) is 10.2 Å². The van der Waals surface area contributed by atoms with Gasteiger partial charge in [-0.15, -0.1) is 10.2 Å². The molecular formula is C9H8Cl3N3O3S. The van der Waals surface area contributed by atoms with Crippen LogP contribution in [0.2, 0.25) is 10.3 Å². The van der Waals surface area contributed by atoms with Crippen molar-refractivity contribution in [3.8, 4) is 0 Å². The first-order valence-corrected chi connectivity index (χ1v) is 8.41. The van der Waals surface area contributed by atoms with Crippen LogP contribution in [-0.4, -0.2) is 36.8 Å². The predicted molar refractivity (Wildman–Crippen MR) is 72.2 cm³/mol. The van der Waals surface area contributed by atoms with Gasteiger partial charge in [0.15, 0.2) is 10.3 Å². The van der Waals surface area contributed by atoms with Crippen molar-refractivity contribution in [1.82, 2.24) is 10.2 Å². The van der Waals surface area contributed by atoms with Crippen LogP contribution < -0.4 is 4.90 Å². The number of halogens is 3. The lowest BCUT2D eigenvalue weighted by Gasteiger charge is -2.17. The van der Waals surface area contributed by atoms with Crippen LogP contribution >= 0.6 is 33.9 Å². The summed E-state index contributed by atoms with van der Waals surface area (Å²) in [6, 6.07) is 1.41. The molecule has 1 aliphatic heterocycles. The van der Waals surface area contributed by atoms with Crippen LogP contribution in [0.15, 0.2) is 6.07 Å². The minimum atomic E-state index is -3.65. The molecule has 0 aromatic carbocycles. The van der Waals surface area contributed by atoms with E-state index in [4.69, 9.17) is 33.9 Å². The van der Waals surface area contributed by atoms with Gasteiger partial charge in [0.25, 0.3) is 0 Å². The van der Waals surface area contributed by atoms with Gasteiger partial charge in [-0.1, -0.05) is 23.2 Å². The zero-order valence-corrected chi connectivity index (χ0v) is 12.5. The maximum Gasteiger partial charge on any atom is 0.232 e. The Labute approximate surface area is 124 Å². The lowest BCUT2D eigenvalue weighted by atomic mass is 10.1. The van der Waals surface area contributed by atoms with E-state index in [-0.39, 0.29) is 40.8 Å². The molecule has 104 valence electrons. The molecule has 0 spiro atoms. The Kier molecular flexibility index (Phi) is 4.20. The number of carbonyl (C=O) groups excluding carboxylic acids is 1. The van der Waals surface area contributed by atoms with Gasteiger partial charge >= 0.3 is 0 Å². The number of carbonyl (C=O) groups is 1. The molecule has 2 rings (SSSR count). The van der Waals surface area contributed by atoms with Gasteiger partial charge in [0.1, 0.15) is 0 Å². The second kappa shape index (κ2) is 5.40. The zero-order valence-electron chi connectivity index (χ0n) is 9.38. The minimum absolute atomic E-state index is 0.0344. The Morgan fingerprint density at radius 2 is 2.05 bits per heavy atom. The highest BCUT2D eigenvalue weighted by molar-refractivity contribution is 8.13. The quantitative estimate of drug-likeness (QED) is 0.780. The molecule has 0 N–H and O–H groups in total. The maximum absolute atomic E-state index is 11.9. The molecule has 1 unspecified atom stereocenters. The standard InChI is InChI=1S/C9H8Cl3N3O3S/c10-7-2-6(9(11)14-13-7)15-3-5(1-8(15)16)4-19(12,17)18/h2,5H,1,3-4H2. The van der Waals surface area contributed by atoms with Crippen molar-refractivity contribution >= 4 is 54.5 Å². The summed E-state index contributed by atoms with van der Waals surface area (Å²) in [6.45, 7) is 0.201. The van der Waals surface area contributed by atoms with Gasteiger partial charge in [-0.25, -0.2) is 8.42 Å². The van der Waals surface area contributed by atoms with Crippen molar-refractivity contribution in [1.29, 1.82) is 0 Å². The van der Waals surface area contributed by atoms with Gasteiger partial charge in [-0.3, -0.25) is 4.79 Å². The number of hydrogen-bond donors (Lipinski definition) is 0. The Bertz CT molecular complexity index is 622. The molecule has 0 saturated carbocycles. The molecule has 1 atom stereocenters. The van der Waals surface area contributed by atoms with Gasteiger partial charge in [0.05, 0.1) is 11.4 Å². The van der Waals surface area contributed by atoms with Gasteiger partial charge in [0, 0.05) is 35.6 Å². The van der Waals surface area contributed by atoms with Crippen molar-refractivity contribution in [2.45, 2.75) is 6.42 Å². The fraction of sp³-hybridized carbons (Fsp3) is 0.444. The number of amides is 1. The second-order valence-corrected chi connectivity index (χ2v) is 7.69. The summed E-state index contributed by atoms with van der Waals surface area (Å²) >= 11 is 11.6. The summed E-state index contributed by atoms with van der Waals surface area (Å²) < 4.78 is 22.0. The van der Waals surface area contributed by atoms with Crippen molar-refractivity contribution in [3.05, 3.63) is 16.4 Å². The highest BCUT2D eigenvalue weighted by Crippen LogP contribution is 2.31. The van der Waals surface area contributed by atoms with Gasteiger partial charge < -0.3 is 4.90 Å². The lowest BCUT2D eigenvalue weighted by Crippen LogP contribution is -2.26. The van der Waals surface area contributed by atoms with E-state index in [1.54, 1.807) is 0 Å². The SMILES string of the molecule is O=C1CC(CS(=O)(=O)Cl)CN1c1cc(Cl)nnc1Cl. The van der Waals surface area contributed by atoms with Crippen LogP contribution in [0.5, 0.6) is 0 Å². The summed E-state index contributed by atoms with van der Waals surface area (Å²) in [5.41, 5.74) is 0.320. The van der Waals surface area contributed by atoms with E-state index in [1.165, 1.54) is 11.0 Å². The number of hydrogen-bond acceptors (Lipinski definition) is 5. The molecule has 10 heteroatoms. The number of nitrogens with zero attached hydrogens (tertiary/aromatic N) is 3. The Morgan fingerprint density at radius 1 is 1.37 bits per heavy atom. The molecule has 1 saturated heterocycles. The highest BCUT2D eigenvalue weighted by atomic mass is 35.7. The fourth-order valence-electron chi connectivity index (χ4n) is 1.94. The average Bonchev–Trinajstić information content (AvgIpc) is 2.60. The third-order valence-corrected chi connectivity index (χ3v) is 4.33. The number of rotatable bonds is 3. The first kappa shape index (κ1) is 14.8. The van der Waals surface area contributed by atoms with E-state index in [0.717, 1.165) is 0 Å². The largest absolute Gasteiger partial charge is 0.309 e. The molecule has 2 heterocycles. The third-order valence-electron chi connectivity index (χ3n) is 2.63. The lowest BCUT2D eigenvalue weighted by molar-refractivity contribution is -0.117. The van der Waals surface area contributed by atoms with Gasteiger partial charge in [-0.05, 0) is 0 Å². The Hall–Kier alpha value is -0.630. The van der Waals surface area contributed by atoms with Crippen LogP contribution in [0, 0.1) is 5.92 Å². The van der Waals surface area contributed by atoms with E-state index in [9.17, 15) is 13.2 Å². The van der Waals surface area contributed by atoms with Crippen molar-refractivity contribution in [3.63, 3.8) is 0 Å². The second-order valence-electron chi connectivity index (χ2n) is 4.12. The molecule has 0 aliphatic carbocycles. The third kappa shape index (κ3) is 3.68. The van der Waals surface area contributed by atoms with E-state index in [1.807, 2.05) is 0 Å². The van der Waals surface area contributed by atoms with Crippen molar-refractivity contribution in [2.24, 2.45) is 5.92 Å². The molecular weight excluding hydrogens is 337 g/mol. The molecule has 6 nitrogen and oxygen atoms in total. The van der Waals surface area contributed by atoms with Crippen LogP contribution in [0.1, 0.15) is 6.42 Å². The number of anilines is 1. The fourth-order valence-corrected chi connectivity index (χ4v) is 3.60. The van der Waals surface area contributed by atoms with Crippen LogP contribution in [-0.2, 0) is 13.8 Å². The topological polar surface area (TPSA) is 80.2 Å². The van der Waals surface area contributed by atoms with Crippen molar-refractivity contribution in [2.75, 3.05) is 17.2 Å². The number of aromatic nitrogens is 2. The highest BCUT2D eigenvalue weighted by Gasteiger charge is 2.34. The predicted octanol–water partition coefficient (Wildman–Crippen LogP) is 1.70. The normalized spacial score (nSPS) is 20.1. The van der Waals surface area contributed by atoms with Crippen LogP contribution in [0.3, 0.4) is 0 Å². The smallest absolute Gasteiger partial charge is 0.232 e. The van der Waals surface area contributed by atoms with E-state index >= 15 is 0 Å². The minimum Gasteiger partial charge on any atom is -0.309 e. The monoisotopic (exact) mass is 343 g/mol. The maximum atomic E-state index is 11.9. The van der Waals surface area contributed by atoms with Crippen LogP contribution in [0.25, 0.3) is 0 Å². The molecule has 1 amide bonds. The molecule has 1 aromatic heterocycles. The van der Waals surface area contributed by atoms with Crippen LogP contribution in [0.4, 0.5) is 5.69 Å². The van der Waals surface area contributed by atoms with E-state index in [0.29, 0.717) is 5.69 Å². The summed E-state index contributed by atoms with van der Waals surface area (Å²) in [4.78, 5) is 13.2. The Balaban J connectivity index is 2.23. The van der Waals surface area contributed by atoms with Gasteiger partial charge in [-0.2, -0.15) is 0 Å². The van der Waals surface area contributed by atoms with E-state index < -0.39 is 9.05 Å². The average molecular weight is 345 g/mol. The molecule has 0 radical (unpaired) electrons. The molecule has 19 heavy (non-hydrogen) atoms. The molecule has 1 fully saturated rings. The van der Waals surface area contributed by atoms with Gasteiger partial charge in [0.2, 0.25) is 15.0 Å². The van der Waals surface area contributed by atoms with Crippen molar-refractivity contribution < 1.29 is 13.2 Å². The zero-order chi connectivity index (χ0) is 14.2. The summed E-state index contributed by atoms with van der Waals surface area (Å²) in [7, 11) is 1.54. The molecule has 0 bridgehead atoms. The Morgan fingerprint density at radius 3 is 2.68 bits per heavy atom. The summed E-state index contributed by atoms with van der Waals surface area (Å²) in [6.07, 6.45) is 0.0855.